The van der Waals surface area contributed by atoms with Crippen LogP contribution in [0, 0.1) is 0 Å². The summed E-state index contributed by atoms with van der Waals surface area (Å²) in [5, 5.41) is 4.08. The zero-order valence-corrected chi connectivity index (χ0v) is 10.8. The van der Waals surface area contributed by atoms with Crippen LogP contribution in [0.1, 0.15) is 23.3 Å². The molecule has 21 heavy (non-hydrogen) atoms. The van der Waals surface area contributed by atoms with E-state index in [1.807, 2.05) is 0 Å². The van der Waals surface area contributed by atoms with E-state index in [1.165, 1.54) is 27.7 Å². The minimum Gasteiger partial charge on any atom is -0.364 e. The van der Waals surface area contributed by atoms with Crippen molar-refractivity contribution < 1.29 is 18.0 Å². The molecular weight excluding hydrogens is 287 g/mol. The number of primary amides is 1. The van der Waals surface area contributed by atoms with E-state index in [2.05, 4.69) is 10.1 Å². The van der Waals surface area contributed by atoms with Crippen molar-refractivity contribution >= 4 is 17.4 Å². The topological polar surface area (TPSA) is 76.5 Å². The van der Waals surface area contributed by atoms with Crippen LogP contribution in [0.15, 0.2) is 18.3 Å². The third kappa shape index (κ3) is 2.28. The van der Waals surface area contributed by atoms with Crippen LogP contribution < -0.4 is 10.6 Å². The van der Waals surface area contributed by atoms with E-state index < -0.39 is 18.1 Å². The molecule has 0 aromatic carbocycles. The standard InChI is InChI=1S/C12H12F3N5O/c13-12(14,15)8-2-1-5-19(8)10-4-3-9-17-6-7(11(16)21)20(9)18-10/h3-4,6,8H,1-2,5H2,(H2,16,21). The van der Waals surface area contributed by atoms with E-state index in [1.54, 1.807) is 0 Å². The molecule has 0 radical (unpaired) electrons. The van der Waals surface area contributed by atoms with Gasteiger partial charge in [-0.25, -0.2) is 9.50 Å². The molecule has 3 heterocycles. The number of rotatable bonds is 2. The van der Waals surface area contributed by atoms with Crippen LogP contribution in [0.3, 0.4) is 0 Å². The first kappa shape index (κ1) is 13.7. The quantitative estimate of drug-likeness (QED) is 0.908. The highest BCUT2D eigenvalue weighted by Gasteiger charge is 2.46. The maximum atomic E-state index is 13.0. The van der Waals surface area contributed by atoms with Gasteiger partial charge in [-0.3, -0.25) is 4.79 Å². The van der Waals surface area contributed by atoms with Gasteiger partial charge in [0, 0.05) is 6.54 Å². The molecule has 2 aromatic rings. The first-order chi connectivity index (χ1) is 9.88. The Morgan fingerprint density at radius 2 is 2.14 bits per heavy atom. The van der Waals surface area contributed by atoms with E-state index in [0.717, 1.165) is 0 Å². The number of amides is 1. The van der Waals surface area contributed by atoms with Crippen LogP contribution >= 0.6 is 0 Å². The molecule has 112 valence electrons. The van der Waals surface area contributed by atoms with Gasteiger partial charge in [0.15, 0.2) is 5.65 Å². The molecule has 1 unspecified atom stereocenters. The monoisotopic (exact) mass is 299 g/mol. The molecule has 3 rings (SSSR count). The summed E-state index contributed by atoms with van der Waals surface area (Å²) in [7, 11) is 0. The Balaban J connectivity index is 2.04. The molecule has 1 saturated heterocycles. The van der Waals surface area contributed by atoms with Crippen LogP contribution in [-0.2, 0) is 0 Å². The van der Waals surface area contributed by atoms with Crippen molar-refractivity contribution in [1.29, 1.82) is 0 Å². The fourth-order valence-corrected chi connectivity index (χ4v) is 2.57. The number of hydrogen-bond acceptors (Lipinski definition) is 4. The van der Waals surface area contributed by atoms with Crippen LogP contribution in [0.5, 0.6) is 0 Å². The molecule has 0 bridgehead atoms. The summed E-state index contributed by atoms with van der Waals surface area (Å²) in [6.45, 7) is 0.267. The first-order valence-electron chi connectivity index (χ1n) is 6.36. The maximum Gasteiger partial charge on any atom is 0.408 e. The Morgan fingerprint density at radius 3 is 2.81 bits per heavy atom. The molecule has 1 amide bonds. The Labute approximate surface area is 117 Å². The van der Waals surface area contributed by atoms with Crippen molar-refractivity contribution in [3.63, 3.8) is 0 Å². The van der Waals surface area contributed by atoms with Crippen molar-refractivity contribution in [3.8, 4) is 0 Å². The van der Waals surface area contributed by atoms with E-state index in [-0.39, 0.29) is 24.5 Å². The number of alkyl halides is 3. The average molecular weight is 299 g/mol. The lowest BCUT2D eigenvalue weighted by molar-refractivity contribution is -0.146. The highest BCUT2D eigenvalue weighted by molar-refractivity contribution is 5.91. The van der Waals surface area contributed by atoms with Gasteiger partial charge in [-0.2, -0.15) is 13.2 Å². The van der Waals surface area contributed by atoms with Crippen LogP contribution in [-0.4, -0.2) is 39.3 Å². The minimum absolute atomic E-state index is 0.0367. The summed E-state index contributed by atoms with van der Waals surface area (Å²) in [5.41, 5.74) is 5.58. The van der Waals surface area contributed by atoms with Gasteiger partial charge in [0.25, 0.3) is 5.91 Å². The predicted octanol–water partition coefficient (Wildman–Crippen LogP) is 1.36. The van der Waals surface area contributed by atoms with Crippen molar-refractivity contribution in [2.45, 2.75) is 25.1 Å². The van der Waals surface area contributed by atoms with Gasteiger partial charge in [0.1, 0.15) is 17.6 Å². The van der Waals surface area contributed by atoms with Crippen molar-refractivity contribution in [2.75, 3.05) is 11.4 Å². The highest BCUT2D eigenvalue weighted by atomic mass is 19.4. The third-order valence-corrected chi connectivity index (χ3v) is 3.53. The number of nitrogens with two attached hydrogens (primary N) is 1. The zero-order valence-electron chi connectivity index (χ0n) is 10.8. The number of nitrogens with zero attached hydrogens (tertiary/aromatic N) is 4. The van der Waals surface area contributed by atoms with Gasteiger partial charge in [-0.15, -0.1) is 5.10 Å². The Kier molecular flexibility index (Phi) is 2.99. The number of hydrogen-bond donors (Lipinski definition) is 1. The number of aromatic nitrogens is 3. The normalized spacial score (nSPS) is 19.4. The zero-order chi connectivity index (χ0) is 15.2. The fourth-order valence-electron chi connectivity index (χ4n) is 2.57. The second kappa shape index (κ2) is 4.61. The first-order valence-corrected chi connectivity index (χ1v) is 6.36. The third-order valence-electron chi connectivity index (χ3n) is 3.53. The summed E-state index contributed by atoms with van der Waals surface area (Å²) in [4.78, 5) is 16.4. The number of imidazole rings is 1. The predicted molar refractivity (Wildman–Crippen MR) is 67.9 cm³/mol. The summed E-state index contributed by atoms with van der Waals surface area (Å²) in [6.07, 6.45) is -2.58. The van der Waals surface area contributed by atoms with Gasteiger partial charge in [0.2, 0.25) is 0 Å². The number of halogens is 3. The summed E-state index contributed by atoms with van der Waals surface area (Å²) >= 11 is 0. The van der Waals surface area contributed by atoms with Gasteiger partial charge in [-0.1, -0.05) is 0 Å². The maximum absolute atomic E-state index is 13.0. The Morgan fingerprint density at radius 1 is 1.38 bits per heavy atom. The highest BCUT2D eigenvalue weighted by Crippen LogP contribution is 2.35. The lowest BCUT2D eigenvalue weighted by Gasteiger charge is -2.27. The van der Waals surface area contributed by atoms with Crippen molar-refractivity contribution in [1.82, 2.24) is 14.6 Å². The molecule has 1 aliphatic rings. The van der Waals surface area contributed by atoms with E-state index >= 15 is 0 Å². The fraction of sp³-hybridized carbons (Fsp3) is 0.417. The lowest BCUT2D eigenvalue weighted by Crippen LogP contribution is -2.41. The smallest absolute Gasteiger partial charge is 0.364 e. The minimum atomic E-state index is -4.31. The number of carbonyl (C=O) groups excluding carboxylic acids is 1. The van der Waals surface area contributed by atoms with Gasteiger partial charge >= 0.3 is 6.18 Å². The van der Waals surface area contributed by atoms with Crippen molar-refractivity contribution in [2.24, 2.45) is 5.73 Å². The van der Waals surface area contributed by atoms with Gasteiger partial charge in [-0.05, 0) is 25.0 Å². The van der Waals surface area contributed by atoms with Gasteiger partial charge < -0.3 is 10.6 Å². The van der Waals surface area contributed by atoms with Crippen LogP contribution in [0.4, 0.5) is 19.0 Å². The second-order valence-corrected chi connectivity index (χ2v) is 4.86. The molecule has 1 atom stereocenters. The summed E-state index contributed by atoms with van der Waals surface area (Å²) < 4.78 is 40.2. The number of anilines is 1. The van der Waals surface area contributed by atoms with E-state index in [9.17, 15) is 18.0 Å². The molecule has 0 saturated carbocycles. The van der Waals surface area contributed by atoms with E-state index in [0.29, 0.717) is 12.1 Å². The summed E-state index contributed by atoms with van der Waals surface area (Å²) in [5.74, 6) is -0.580. The van der Waals surface area contributed by atoms with Crippen LogP contribution in [0.2, 0.25) is 0 Å². The molecule has 9 heteroatoms. The molecule has 2 N–H and O–H groups in total. The SMILES string of the molecule is NC(=O)c1cnc2ccc(N3CCCC3C(F)(F)F)nn12. The lowest BCUT2D eigenvalue weighted by atomic mass is 10.2. The molecule has 0 aliphatic carbocycles. The number of fused-ring (bicyclic) bond motifs is 1. The largest absolute Gasteiger partial charge is 0.408 e. The van der Waals surface area contributed by atoms with Crippen molar-refractivity contribution in [3.05, 3.63) is 24.0 Å². The second-order valence-electron chi connectivity index (χ2n) is 4.86. The van der Waals surface area contributed by atoms with Crippen LogP contribution in [0.25, 0.3) is 5.65 Å². The van der Waals surface area contributed by atoms with E-state index in [4.69, 9.17) is 5.73 Å². The molecule has 1 fully saturated rings. The molecule has 0 spiro atoms. The van der Waals surface area contributed by atoms with Gasteiger partial charge in [0.05, 0.1) is 6.20 Å². The summed E-state index contributed by atoms with van der Waals surface area (Å²) in [6, 6.07) is 1.43. The number of carbonyl (C=O) groups is 1. The molecular formula is C12H12F3N5O. The molecule has 1 aliphatic heterocycles. The average Bonchev–Trinajstić information content (AvgIpc) is 3.04. The Bertz CT molecular complexity index is 696. The molecule has 2 aromatic heterocycles. The molecule has 6 nitrogen and oxygen atoms in total. The Hall–Kier alpha value is -2.32.